The molecule has 9 heteroatoms. The molecule has 2 amide bonds. The Hall–Kier alpha value is -3.59. The number of ether oxygens (including phenoxy) is 1. The van der Waals surface area contributed by atoms with Crippen molar-refractivity contribution in [3.8, 4) is 5.75 Å². The summed E-state index contributed by atoms with van der Waals surface area (Å²) in [6.45, 7) is -0.757. The van der Waals surface area contributed by atoms with E-state index in [2.05, 4.69) is 10.9 Å². The minimum Gasteiger partial charge on any atom is -0.484 e. The van der Waals surface area contributed by atoms with Crippen LogP contribution in [0.15, 0.2) is 71.6 Å². The van der Waals surface area contributed by atoms with Gasteiger partial charge >= 0.3 is 0 Å². The van der Waals surface area contributed by atoms with Crippen LogP contribution in [0.4, 0.5) is 5.69 Å². The number of hydrogen-bond donors (Lipinski definition) is 2. The van der Waals surface area contributed by atoms with Crippen molar-refractivity contribution in [3.63, 3.8) is 0 Å². The maximum absolute atomic E-state index is 12.8. The minimum atomic E-state index is -3.84. The Morgan fingerprint density at radius 3 is 2.31 bits per heavy atom. The SMILES string of the molecule is O=C(COc1ccccc1)NNC(=O)CN1c2cccc3cccc(c23)S1(=O)=O. The first-order valence-corrected chi connectivity index (χ1v) is 10.2. The third-order valence-electron chi connectivity index (χ3n) is 4.42. The molecule has 3 aromatic carbocycles. The molecule has 0 spiro atoms. The molecule has 0 atom stereocenters. The highest BCUT2D eigenvalue weighted by molar-refractivity contribution is 7.93. The zero-order valence-electron chi connectivity index (χ0n) is 15.2. The number of benzene rings is 3. The van der Waals surface area contributed by atoms with E-state index in [-0.39, 0.29) is 11.5 Å². The third kappa shape index (κ3) is 3.59. The molecule has 0 saturated heterocycles. The minimum absolute atomic E-state index is 0.165. The molecule has 0 aliphatic carbocycles. The Morgan fingerprint density at radius 1 is 0.862 bits per heavy atom. The second-order valence-corrected chi connectivity index (χ2v) is 8.17. The van der Waals surface area contributed by atoms with E-state index in [0.29, 0.717) is 16.8 Å². The van der Waals surface area contributed by atoms with Crippen molar-refractivity contribution in [2.75, 3.05) is 17.5 Å². The van der Waals surface area contributed by atoms with E-state index in [9.17, 15) is 18.0 Å². The van der Waals surface area contributed by atoms with Crippen LogP contribution in [0.3, 0.4) is 0 Å². The van der Waals surface area contributed by atoms with Gasteiger partial charge < -0.3 is 4.74 Å². The number of carbonyl (C=O) groups is 2. The van der Waals surface area contributed by atoms with E-state index in [1.54, 1.807) is 42.5 Å². The normalized spacial score (nSPS) is 13.9. The van der Waals surface area contributed by atoms with Crippen LogP contribution in [0.25, 0.3) is 10.8 Å². The predicted octanol–water partition coefficient (Wildman–Crippen LogP) is 1.57. The Bertz CT molecular complexity index is 1190. The summed E-state index contributed by atoms with van der Waals surface area (Å²) in [5.41, 5.74) is 4.87. The number of nitrogens with one attached hydrogen (secondary N) is 2. The lowest BCUT2D eigenvalue weighted by molar-refractivity contribution is -0.129. The van der Waals surface area contributed by atoms with E-state index in [1.807, 2.05) is 18.2 Å². The number of anilines is 1. The molecule has 1 aliphatic heterocycles. The Labute approximate surface area is 167 Å². The molecular weight excluding hydrogens is 394 g/mol. The van der Waals surface area contributed by atoms with Gasteiger partial charge in [0.25, 0.3) is 21.8 Å². The lowest BCUT2D eigenvalue weighted by Crippen LogP contribution is -2.48. The second kappa shape index (κ2) is 7.44. The number of hydrazine groups is 1. The molecule has 1 aliphatic rings. The van der Waals surface area contributed by atoms with E-state index >= 15 is 0 Å². The van der Waals surface area contributed by atoms with Crippen molar-refractivity contribution in [1.29, 1.82) is 0 Å². The van der Waals surface area contributed by atoms with Gasteiger partial charge in [0.2, 0.25) is 0 Å². The number of amides is 2. The summed E-state index contributed by atoms with van der Waals surface area (Å²) in [6.07, 6.45) is 0. The molecule has 0 radical (unpaired) electrons. The van der Waals surface area contributed by atoms with Crippen molar-refractivity contribution in [3.05, 3.63) is 66.7 Å². The first-order valence-electron chi connectivity index (χ1n) is 8.77. The third-order valence-corrected chi connectivity index (χ3v) is 6.22. The molecule has 0 bridgehead atoms. The number of sulfonamides is 1. The van der Waals surface area contributed by atoms with Gasteiger partial charge in [0.15, 0.2) is 6.61 Å². The van der Waals surface area contributed by atoms with Crippen LogP contribution in [-0.2, 0) is 19.6 Å². The molecule has 148 valence electrons. The molecule has 0 saturated carbocycles. The smallest absolute Gasteiger partial charge is 0.276 e. The second-order valence-electron chi connectivity index (χ2n) is 6.34. The monoisotopic (exact) mass is 411 g/mol. The van der Waals surface area contributed by atoms with Crippen LogP contribution in [0, 0.1) is 0 Å². The highest BCUT2D eigenvalue weighted by Gasteiger charge is 2.36. The molecule has 4 rings (SSSR count). The van der Waals surface area contributed by atoms with E-state index in [1.165, 1.54) is 6.07 Å². The van der Waals surface area contributed by atoms with Crippen molar-refractivity contribution < 1.29 is 22.7 Å². The number of rotatable bonds is 5. The molecule has 1 heterocycles. The van der Waals surface area contributed by atoms with Crippen LogP contribution >= 0.6 is 0 Å². The number of carbonyl (C=O) groups excluding carboxylic acids is 2. The summed E-state index contributed by atoms with van der Waals surface area (Å²) in [7, 11) is -3.84. The number of nitrogens with zero attached hydrogens (tertiary/aromatic N) is 1. The van der Waals surface area contributed by atoms with Gasteiger partial charge in [-0.15, -0.1) is 0 Å². The average molecular weight is 411 g/mol. The summed E-state index contributed by atoms with van der Waals surface area (Å²) < 4.78 is 32.0. The Balaban J connectivity index is 1.39. The van der Waals surface area contributed by atoms with Crippen LogP contribution in [0.2, 0.25) is 0 Å². The van der Waals surface area contributed by atoms with Gasteiger partial charge in [-0.1, -0.05) is 42.5 Å². The van der Waals surface area contributed by atoms with E-state index in [4.69, 9.17) is 4.74 Å². The van der Waals surface area contributed by atoms with E-state index < -0.39 is 28.4 Å². The van der Waals surface area contributed by atoms with Crippen LogP contribution in [0.5, 0.6) is 5.75 Å². The van der Waals surface area contributed by atoms with Crippen molar-refractivity contribution in [1.82, 2.24) is 10.9 Å². The van der Waals surface area contributed by atoms with Gasteiger partial charge in [-0.05, 0) is 29.7 Å². The fourth-order valence-electron chi connectivity index (χ4n) is 3.14. The molecule has 8 nitrogen and oxygen atoms in total. The largest absolute Gasteiger partial charge is 0.484 e. The molecule has 2 N–H and O–H groups in total. The van der Waals surface area contributed by atoms with Crippen molar-refractivity contribution >= 4 is 38.3 Å². The Kier molecular flexibility index (Phi) is 4.81. The first kappa shape index (κ1) is 18.8. The standard InChI is InChI=1S/C20H17N3O5S/c24-18(21-22-19(25)13-28-15-8-2-1-3-9-15)12-23-16-10-4-6-14-7-5-11-17(20(14)16)29(23,26)27/h1-11H,12-13H2,(H,21,24)(H,22,25). The predicted molar refractivity (Wildman–Crippen MR) is 107 cm³/mol. The summed E-state index contributed by atoms with van der Waals surface area (Å²) in [4.78, 5) is 24.3. The fourth-order valence-corrected chi connectivity index (χ4v) is 4.81. The molecule has 0 fully saturated rings. The zero-order valence-corrected chi connectivity index (χ0v) is 16.0. The van der Waals surface area contributed by atoms with Crippen LogP contribution in [0.1, 0.15) is 0 Å². The van der Waals surface area contributed by atoms with Crippen molar-refractivity contribution in [2.24, 2.45) is 0 Å². The molecule has 29 heavy (non-hydrogen) atoms. The van der Waals surface area contributed by atoms with E-state index in [0.717, 1.165) is 9.69 Å². The molecule has 3 aromatic rings. The maximum Gasteiger partial charge on any atom is 0.276 e. The maximum atomic E-state index is 12.8. The molecular formula is C20H17N3O5S. The summed E-state index contributed by atoms with van der Waals surface area (Å²) >= 11 is 0. The zero-order chi connectivity index (χ0) is 20.4. The highest BCUT2D eigenvalue weighted by Crippen LogP contribution is 2.41. The summed E-state index contributed by atoms with van der Waals surface area (Å²) in [5, 5.41) is 1.36. The van der Waals surface area contributed by atoms with Gasteiger partial charge in [-0.25, -0.2) is 8.42 Å². The van der Waals surface area contributed by atoms with Gasteiger partial charge in [-0.2, -0.15) is 0 Å². The quantitative estimate of drug-likeness (QED) is 0.620. The van der Waals surface area contributed by atoms with Gasteiger partial charge in [0.05, 0.1) is 10.6 Å². The van der Waals surface area contributed by atoms with Gasteiger partial charge in [-0.3, -0.25) is 24.7 Å². The van der Waals surface area contributed by atoms with Crippen LogP contribution in [-0.4, -0.2) is 33.4 Å². The van der Waals surface area contributed by atoms with Crippen LogP contribution < -0.4 is 19.9 Å². The first-order chi connectivity index (χ1) is 14.0. The highest BCUT2D eigenvalue weighted by atomic mass is 32.2. The Morgan fingerprint density at radius 2 is 1.55 bits per heavy atom. The average Bonchev–Trinajstić information content (AvgIpc) is 2.95. The lowest BCUT2D eigenvalue weighted by atomic mass is 10.1. The number of hydrogen-bond acceptors (Lipinski definition) is 5. The summed E-state index contributed by atoms with van der Waals surface area (Å²) in [6, 6.07) is 18.9. The number of para-hydroxylation sites is 1. The van der Waals surface area contributed by atoms with Gasteiger partial charge in [0, 0.05) is 5.39 Å². The molecule has 0 aromatic heterocycles. The molecule has 0 unspecified atom stereocenters. The van der Waals surface area contributed by atoms with Crippen molar-refractivity contribution in [2.45, 2.75) is 4.90 Å². The fraction of sp³-hybridized carbons (Fsp3) is 0.100. The lowest BCUT2D eigenvalue weighted by Gasteiger charge is -2.18. The van der Waals surface area contributed by atoms with Gasteiger partial charge in [0.1, 0.15) is 12.3 Å². The summed E-state index contributed by atoms with van der Waals surface area (Å²) in [5.74, 6) is -0.730. The topological polar surface area (TPSA) is 105 Å².